The molecule has 0 saturated carbocycles. The van der Waals surface area contributed by atoms with E-state index >= 15 is 0 Å². The van der Waals surface area contributed by atoms with Crippen LogP contribution < -0.4 is 0 Å². The second-order valence-corrected chi connectivity index (χ2v) is 15.6. The van der Waals surface area contributed by atoms with Crippen LogP contribution in [0.15, 0.2) is 0 Å². The van der Waals surface area contributed by atoms with Gasteiger partial charge < -0.3 is 8.85 Å². The summed E-state index contributed by atoms with van der Waals surface area (Å²) in [5.41, 5.74) is -0.0376. The Morgan fingerprint density at radius 3 is 1.67 bits per heavy atom. The maximum atomic E-state index is 6.11. The number of hydrogen-bond donors (Lipinski definition) is 0. The van der Waals surface area contributed by atoms with Gasteiger partial charge in [0.05, 0.1) is 5.60 Å². The molecule has 0 fully saturated rings. The summed E-state index contributed by atoms with van der Waals surface area (Å²) in [5.74, 6) is 0. The molecule has 0 N–H and O–H groups in total. The molecule has 0 radical (unpaired) electrons. The van der Waals surface area contributed by atoms with Gasteiger partial charge in [-0.25, -0.2) is 0 Å². The second-order valence-electron chi connectivity index (χ2n) is 6.68. The van der Waals surface area contributed by atoms with Crippen molar-refractivity contribution in [3.63, 3.8) is 0 Å². The van der Waals surface area contributed by atoms with Crippen LogP contribution >= 0.6 is 0 Å². The molecule has 0 heterocycles. The van der Waals surface area contributed by atoms with E-state index in [9.17, 15) is 0 Å². The van der Waals surface area contributed by atoms with Crippen LogP contribution in [-0.2, 0) is 8.85 Å². The zero-order chi connectivity index (χ0) is 12.3. The quantitative estimate of drug-likeness (QED) is 0.665. The van der Waals surface area contributed by atoms with Crippen LogP contribution in [0.1, 0.15) is 20.3 Å². The van der Waals surface area contributed by atoms with Crippen LogP contribution in [0.5, 0.6) is 0 Å². The molecule has 0 aliphatic rings. The SMILES string of the molecule is CC(C)(CCO[Si](C)(C)C)O[Si](C)(C)C. The monoisotopic (exact) mass is 248 g/mol. The smallest absolute Gasteiger partial charge is 0.184 e. The summed E-state index contributed by atoms with van der Waals surface area (Å²) >= 11 is 0. The van der Waals surface area contributed by atoms with Crippen LogP contribution in [0.3, 0.4) is 0 Å². The molecule has 0 aliphatic carbocycles. The minimum Gasteiger partial charge on any atom is -0.418 e. The molecule has 0 aromatic carbocycles. The van der Waals surface area contributed by atoms with Crippen molar-refractivity contribution >= 4 is 16.6 Å². The van der Waals surface area contributed by atoms with Crippen LogP contribution in [0.2, 0.25) is 39.3 Å². The van der Waals surface area contributed by atoms with Gasteiger partial charge in [-0.15, -0.1) is 0 Å². The molecule has 92 valence electrons. The Hall–Kier alpha value is 0.354. The standard InChI is InChI=1S/C11H28O2Si2/c1-11(2,13-15(6,7)8)9-10-12-14(3,4)5/h9-10H2,1-8H3. The molecule has 0 rings (SSSR count). The zero-order valence-electron chi connectivity index (χ0n) is 11.7. The van der Waals surface area contributed by atoms with E-state index in [4.69, 9.17) is 8.85 Å². The molecule has 0 spiro atoms. The Morgan fingerprint density at radius 1 is 0.867 bits per heavy atom. The molecule has 4 heteroatoms. The molecule has 0 atom stereocenters. The topological polar surface area (TPSA) is 18.5 Å². The third-order valence-corrected chi connectivity index (χ3v) is 4.06. The molecule has 0 amide bonds. The van der Waals surface area contributed by atoms with Gasteiger partial charge in [0.2, 0.25) is 0 Å². The van der Waals surface area contributed by atoms with E-state index in [0.29, 0.717) is 0 Å². The van der Waals surface area contributed by atoms with Gasteiger partial charge in [0.25, 0.3) is 0 Å². The predicted octanol–water partition coefficient (Wildman–Crippen LogP) is 3.86. The normalized spacial score (nSPS) is 14.4. The van der Waals surface area contributed by atoms with Gasteiger partial charge in [0, 0.05) is 6.61 Å². The van der Waals surface area contributed by atoms with E-state index in [-0.39, 0.29) is 5.60 Å². The van der Waals surface area contributed by atoms with Gasteiger partial charge in [-0.3, -0.25) is 0 Å². The molecular weight excluding hydrogens is 220 g/mol. The first-order chi connectivity index (χ1) is 6.41. The van der Waals surface area contributed by atoms with Crippen molar-refractivity contribution in [2.24, 2.45) is 0 Å². The highest BCUT2D eigenvalue weighted by Crippen LogP contribution is 2.21. The van der Waals surface area contributed by atoms with Gasteiger partial charge in [0.15, 0.2) is 16.6 Å². The van der Waals surface area contributed by atoms with E-state index in [2.05, 4.69) is 53.1 Å². The highest BCUT2D eigenvalue weighted by atomic mass is 28.4. The zero-order valence-corrected chi connectivity index (χ0v) is 13.7. The fourth-order valence-electron chi connectivity index (χ4n) is 1.48. The third kappa shape index (κ3) is 10.6. The second kappa shape index (κ2) is 5.12. The van der Waals surface area contributed by atoms with Gasteiger partial charge in [0.1, 0.15) is 0 Å². The summed E-state index contributed by atoms with van der Waals surface area (Å²) in [6.07, 6.45) is 0.988. The van der Waals surface area contributed by atoms with Crippen LogP contribution in [0.25, 0.3) is 0 Å². The highest BCUT2D eigenvalue weighted by Gasteiger charge is 2.27. The van der Waals surface area contributed by atoms with Gasteiger partial charge in [-0.1, -0.05) is 0 Å². The lowest BCUT2D eigenvalue weighted by Crippen LogP contribution is -2.40. The van der Waals surface area contributed by atoms with Crippen molar-refractivity contribution in [1.82, 2.24) is 0 Å². The fourth-order valence-corrected chi connectivity index (χ4v) is 3.96. The maximum Gasteiger partial charge on any atom is 0.184 e. The van der Waals surface area contributed by atoms with Gasteiger partial charge in [-0.05, 0) is 59.6 Å². The van der Waals surface area contributed by atoms with Crippen molar-refractivity contribution < 1.29 is 8.85 Å². The fraction of sp³-hybridized carbons (Fsp3) is 1.00. The van der Waals surface area contributed by atoms with Crippen molar-refractivity contribution in [3.8, 4) is 0 Å². The molecule has 0 bridgehead atoms. The van der Waals surface area contributed by atoms with E-state index in [1.165, 1.54) is 0 Å². The summed E-state index contributed by atoms with van der Waals surface area (Å²) in [5, 5.41) is 0. The first-order valence-corrected chi connectivity index (χ1v) is 12.6. The largest absolute Gasteiger partial charge is 0.418 e. The predicted molar refractivity (Wildman–Crippen MR) is 72.4 cm³/mol. The molecule has 0 aliphatic heterocycles. The Kier molecular flexibility index (Phi) is 5.24. The van der Waals surface area contributed by atoms with E-state index in [1.54, 1.807) is 0 Å². The molecule has 0 saturated heterocycles. The number of hydrogen-bond acceptors (Lipinski definition) is 2. The Labute approximate surface area is 97.6 Å². The Balaban J connectivity index is 3.95. The maximum absolute atomic E-state index is 6.11. The highest BCUT2D eigenvalue weighted by molar-refractivity contribution is 6.70. The molecule has 0 aromatic heterocycles. The first-order valence-electron chi connectivity index (χ1n) is 5.75. The lowest BCUT2D eigenvalue weighted by molar-refractivity contribution is 0.0726. The van der Waals surface area contributed by atoms with Crippen LogP contribution in [0.4, 0.5) is 0 Å². The lowest BCUT2D eigenvalue weighted by Gasteiger charge is -2.33. The minimum atomic E-state index is -1.43. The first kappa shape index (κ1) is 15.4. The number of rotatable bonds is 6. The molecule has 0 unspecified atom stereocenters. The minimum absolute atomic E-state index is 0.0376. The molecular formula is C11H28O2Si2. The molecule has 0 aromatic rings. The average molecular weight is 249 g/mol. The van der Waals surface area contributed by atoms with E-state index < -0.39 is 16.6 Å². The van der Waals surface area contributed by atoms with Crippen molar-refractivity contribution in [2.75, 3.05) is 6.61 Å². The summed E-state index contributed by atoms with van der Waals surface area (Å²) in [6, 6.07) is 0. The Bertz CT molecular complexity index is 190. The van der Waals surface area contributed by atoms with Gasteiger partial charge >= 0.3 is 0 Å². The molecule has 15 heavy (non-hydrogen) atoms. The Morgan fingerprint density at radius 2 is 1.33 bits per heavy atom. The van der Waals surface area contributed by atoms with Crippen molar-refractivity contribution in [2.45, 2.75) is 65.2 Å². The average Bonchev–Trinajstić information content (AvgIpc) is 1.75. The molecule has 2 nitrogen and oxygen atoms in total. The van der Waals surface area contributed by atoms with Gasteiger partial charge in [-0.2, -0.15) is 0 Å². The van der Waals surface area contributed by atoms with E-state index in [0.717, 1.165) is 13.0 Å². The summed E-state index contributed by atoms with van der Waals surface area (Å²) < 4.78 is 12.0. The summed E-state index contributed by atoms with van der Waals surface area (Å²) in [6.45, 7) is 18.5. The van der Waals surface area contributed by atoms with Crippen LogP contribution in [-0.4, -0.2) is 28.8 Å². The summed E-state index contributed by atoms with van der Waals surface area (Å²) in [4.78, 5) is 0. The summed E-state index contributed by atoms with van der Waals surface area (Å²) in [7, 11) is -2.79. The lowest BCUT2D eigenvalue weighted by atomic mass is 10.1. The third-order valence-electron chi connectivity index (χ3n) is 1.82. The van der Waals surface area contributed by atoms with Crippen molar-refractivity contribution in [1.29, 1.82) is 0 Å². The van der Waals surface area contributed by atoms with E-state index in [1.807, 2.05) is 0 Å². The van der Waals surface area contributed by atoms with Crippen LogP contribution in [0, 0.1) is 0 Å². The van der Waals surface area contributed by atoms with Crippen molar-refractivity contribution in [3.05, 3.63) is 0 Å².